The van der Waals surface area contributed by atoms with Crippen LogP contribution >= 0.6 is 0 Å². The molecule has 0 aromatic heterocycles. The lowest BCUT2D eigenvalue weighted by Crippen LogP contribution is -2.41. The molecule has 0 amide bonds. The van der Waals surface area contributed by atoms with Gasteiger partial charge in [-0.1, -0.05) is 26.2 Å². The lowest BCUT2D eigenvalue weighted by atomic mass is 10.1. The summed E-state index contributed by atoms with van der Waals surface area (Å²) in [5.74, 6) is 0.283. The van der Waals surface area contributed by atoms with E-state index in [0.717, 1.165) is 25.8 Å². The Bertz CT molecular complexity index is 152. The summed E-state index contributed by atoms with van der Waals surface area (Å²) in [6.45, 7) is 3.03. The molecule has 1 saturated carbocycles. The average Bonchev–Trinajstić information content (AvgIpc) is 2.39. The number of hydrogen-bond donors (Lipinski definition) is 3. The van der Waals surface area contributed by atoms with Crippen LogP contribution in [-0.4, -0.2) is 35.5 Å². The topological polar surface area (TPSA) is 52.5 Å². The second-order valence-electron chi connectivity index (χ2n) is 4.51. The molecular weight excluding hydrogens is 178 g/mol. The molecule has 3 nitrogen and oxygen atoms in total. The Balaban J connectivity index is 2.26. The first-order valence-corrected chi connectivity index (χ1v) is 5.76. The van der Waals surface area contributed by atoms with Gasteiger partial charge in [0.2, 0.25) is 0 Å². The molecule has 3 N–H and O–H groups in total. The normalized spacial score (nSPS) is 31.1. The third-order valence-electron chi connectivity index (χ3n) is 3.02. The zero-order chi connectivity index (χ0) is 10.4. The van der Waals surface area contributed by atoms with Crippen molar-refractivity contribution in [3.63, 3.8) is 0 Å². The zero-order valence-corrected chi connectivity index (χ0v) is 9.08. The highest BCUT2D eigenvalue weighted by Gasteiger charge is 2.21. The Kier molecular flexibility index (Phi) is 5.45. The smallest absolute Gasteiger partial charge is 0.0693 e. The molecule has 1 fully saturated rings. The molecule has 0 aliphatic heterocycles. The van der Waals surface area contributed by atoms with Crippen molar-refractivity contribution in [3.8, 4) is 0 Å². The van der Waals surface area contributed by atoms with Crippen LogP contribution in [0.15, 0.2) is 0 Å². The minimum absolute atomic E-state index is 0.191. The minimum Gasteiger partial charge on any atom is -0.396 e. The predicted molar refractivity (Wildman–Crippen MR) is 57.1 cm³/mol. The predicted octanol–water partition coefficient (Wildman–Crippen LogP) is 0.898. The highest BCUT2D eigenvalue weighted by atomic mass is 16.3. The van der Waals surface area contributed by atoms with E-state index in [1.807, 2.05) is 6.92 Å². The third-order valence-corrected chi connectivity index (χ3v) is 3.02. The van der Waals surface area contributed by atoms with Gasteiger partial charge in [-0.25, -0.2) is 0 Å². The van der Waals surface area contributed by atoms with Crippen molar-refractivity contribution >= 4 is 0 Å². The largest absolute Gasteiger partial charge is 0.396 e. The monoisotopic (exact) mass is 201 g/mol. The first-order chi connectivity index (χ1) is 6.74. The quantitative estimate of drug-likeness (QED) is 0.592. The average molecular weight is 201 g/mol. The molecule has 0 radical (unpaired) electrons. The molecule has 3 unspecified atom stereocenters. The van der Waals surface area contributed by atoms with E-state index in [1.54, 1.807) is 0 Å². The summed E-state index contributed by atoms with van der Waals surface area (Å²) in [6, 6.07) is 0.242. The van der Waals surface area contributed by atoms with Gasteiger partial charge in [-0.15, -0.1) is 0 Å². The van der Waals surface area contributed by atoms with Crippen molar-refractivity contribution in [2.24, 2.45) is 5.92 Å². The van der Waals surface area contributed by atoms with E-state index in [0.29, 0.717) is 0 Å². The fourth-order valence-corrected chi connectivity index (χ4v) is 1.94. The summed E-state index contributed by atoms with van der Waals surface area (Å²) < 4.78 is 0. The summed E-state index contributed by atoms with van der Waals surface area (Å²) >= 11 is 0. The maximum absolute atomic E-state index is 9.81. The molecular formula is C11H23NO2. The molecule has 0 saturated heterocycles. The van der Waals surface area contributed by atoms with Crippen LogP contribution in [0.2, 0.25) is 0 Å². The summed E-state index contributed by atoms with van der Waals surface area (Å²) in [7, 11) is 0. The second kappa shape index (κ2) is 6.38. The van der Waals surface area contributed by atoms with E-state index >= 15 is 0 Å². The van der Waals surface area contributed by atoms with Gasteiger partial charge in [0.25, 0.3) is 0 Å². The van der Waals surface area contributed by atoms with Gasteiger partial charge in [0.1, 0.15) is 0 Å². The minimum atomic E-state index is -0.191. The van der Waals surface area contributed by atoms with E-state index in [4.69, 9.17) is 5.11 Å². The van der Waals surface area contributed by atoms with Crippen LogP contribution in [0.5, 0.6) is 0 Å². The third kappa shape index (κ3) is 3.95. The standard InChI is InChI=1S/C11H23NO2/c1-9(8-13)7-12-10-5-3-2-4-6-11(10)14/h9-14H,2-8H2,1H3. The summed E-state index contributed by atoms with van der Waals surface area (Å²) in [5.41, 5.74) is 0. The zero-order valence-electron chi connectivity index (χ0n) is 9.08. The summed E-state index contributed by atoms with van der Waals surface area (Å²) in [4.78, 5) is 0. The highest BCUT2D eigenvalue weighted by Crippen LogP contribution is 2.18. The lowest BCUT2D eigenvalue weighted by Gasteiger charge is -2.23. The van der Waals surface area contributed by atoms with E-state index in [9.17, 15) is 5.11 Å². The molecule has 0 bridgehead atoms. The SMILES string of the molecule is CC(CO)CNC1CCCCCC1O. The van der Waals surface area contributed by atoms with Crippen molar-refractivity contribution in [3.05, 3.63) is 0 Å². The molecule has 3 heteroatoms. The van der Waals surface area contributed by atoms with Crippen LogP contribution in [0, 0.1) is 5.92 Å². The summed E-state index contributed by atoms with van der Waals surface area (Å²) in [6.07, 6.45) is 5.40. The fraction of sp³-hybridized carbons (Fsp3) is 1.00. The Morgan fingerprint density at radius 1 is 1.29 bits per heavy atom. The molecule has 84 valence electrons. The van der Waals surface area contributed by atoms with E-state index in [1.165, 1.54) is 12.8 Å². The number of hydrogen-bond acceptors (Lipinski definition) is 3. The number of aliphatic hydroxyl groups is 2. The first kappa shape index (κ1) is 12.0. The Morgan fingerprint density at radius 3 is 2.71 bits per heavy atom. The van der Waals surface area contributed by atoms with Gasteiger partial charge >= 0.3 is 0 Å². The van der Waals surface area contributed by atoms with Gasteiger partial charge in [-0.3, -0.25) is 0 Å². The molecule has 3 atom stereocenters. The molecule has 1 rings (SSSR count). The van der Waals surface area contributed by atoms with E-state index in [2.05, 4.69) is 5.32 Å². The highest BCUT2D eigenvalue weighted by molar-refractivity contribution is 4.79. The van der Waals surface area contributed by atoms with Crippen LogP contribution < -0.4 is 5.32 Å². The molecule has 1 aliphatic rings. The van der Waals surface area contributed by atoms with Crippen LogP contribution in [0.3, 0.4) is 0 Å². The van der Waals surface area contributed by atoms with Crippen LogP contribution in [-0.2, 0) is 0 Å². The molecule has 1 aliphatic carbocycles. The van der Waals surface area contributed by atoms with Gasteiger partial charge in [-0.2, -0.15) is 0 Å². The fourth-order valence-electron chi connectivity index (χ4n) is 1.94. The van der Waals surface area contributed by atoms with Crippen molar-refractivity contribution in [1.82, 2.24) is 5.32 Å². The van der Waals surface area contributed by atoms with Crippen LogP contribution in [0.25, 0.3) is 0 Å². The Labute approximate surface area is 86.5 Å². The Morgan fingerprint density at radius 2 is 2.00 bits per heavy atom. The first-order valence-electron chi connectivity index (χ1n) is 5.76. The van der Waals surface area contributed by atoms with Crippen molar-refractivity contribution in [2.45, 2.75) is 51.2 Å². The maximum atomic E-state index is 9.81. The number of rotatable bonds is 4. The van der Waals surface area contributed by atoms with Crippen molar-refractivity contribution < 1.29 is 10.2 Å². The maximum Gasteiger partial charge on any atom is 0.0693 e. The van der Waals surface area contributed by atoms with Crippen LogP contribution in [0.1, 0.15) is 39.0 Å². The van der Waals surface area contributed by atoms with Gasteiger partial charge in [0.05, 0.1) is 6.10 Å². The number of nitrogens with one attached hydrogen (secondary N) is 1. The van der Waals surface area contributed by atoms with Gasteiger partial charge in [-0.05, 0) is 18.8 Å². The molecule has 0 aromatic carbocycles. The van der Waals surface area contributed by atoms with Crippen LogP contribution in [0.4, 0.5) is 0 Å². The van der Waals surface area contributed by atoms with Crippen molar-refractivity contribution in [1.29, 1.82) is 0 Å². The van der Waals surface area contributed by atoms with Crippen molar-refractivity contribution in [2.75, 3.05) is 13.2 Å². The molecule has 0 aromatic rings. The lowest BCUT2D eigenvalue weighted by molar-refractivity contribution is 0.115. The number of aliphatic hydroxyl groups excluding tert-OH is 2. The van der Waals surface area contributed by atoms with Gasteiger partial charge in [0, 0.05) is 19.2 Å². The molecule has 14 heavy (non-hydrogen) atoms. The van der Waals surface area contributed by atoms with Gasteiger partial charge in [0.15, 0.2) is 0 Å². The summed E-state index contributed by atoms with van der Waals surface area (Å²) in [5, 5.41) is 22.0. The van der Waals surface area contributed by atoms with Gasteiger partial charge < -0.3 is 15.5 Å². The van der Waals surface area contributed by atoms with E-state index < -0.39 is 0 Å². The molecule has 0 heterocycles. The molecule has 0 spiro atoms. The van der Waals surface area contributed by atoms with E-state index in [-0.39, 0.29) is 24.7 Å². The Hall–Kier alpha value is -0.120. The second-order valence-corrected chi connectivity index (χ2v) is 4.51.